The Hall–Kier alpha value is -1.16. The second-order valence-electron chi connectivity index (χ2n) is 3.93. The molecule has 0 radical (unpaired) electrons. The Balaban J connectivity index is 2.71. The average molecular weight is 259 g/mol. The van der Waals surface area contributed by atoms with Crippen LogP contribution in [-0.4, -0.2) is 29.4 Å². The number of nitrogens with zero attached hydrogens (tertiary/aromatic N) is 2. The summed E-state index contributed by atoms with van der Waals surface area (Å²) >= 11 is 5.77. The summed E-state index contributed by atoms with van der Waals surface area (Å²) in [5.74, 6) is -0.849. The van der Waals surface area contributed by atoms with Crippen LogP contribution in [-0.2, 0) is 0 Å². The largest absolute Gasteiger partial charge is 0.342 e. The molecular weight excluding hydrogens is 243 g/mol. The van der Waals surface area contributed by atoms with Gasteiger partial charge in [-0.25, -0.2) is 9.37 Å². The fourth-order valence-electron chi connectivity index (χ4n) is 1.48. The Labute approximate surface area is 106 Å². The average Bonchev–Trinajstić information content (AvgIpc) is 2.31. The molecule has 1 heterocycles. The highest BCUT2D eigenvalue weighted by Crippen LogP contribution is 2.15. The smallest absolute Gasteiger partial charge is 0.256 e. The van der Waals surface area contributed by atoms with Gasteiger partial charge < -0.3 is 4.90 Å². The highest BCUT2D eigenvalue weighted by molar-refractivity contribution is 6.32. The van der Waals surface area contributed by atoms with Crippen LogP contribution in [0.1, 0.15) is 36.5 Å². The third-order valence-electron chi connectivity index (χ3n) is 2.48. The van der Waals surface area contributed by atoms with Crippen LogP contribution >= 0.6 is 11.6 Å². The summed E-state index contributed by atoms with van der Waals surface area (Å²) in [6.07, 6.45) is 4.08. The van der Waals surface area contributed by atoms with Crippen molar-refractivity contribution in [3.05, 3.63) is 28.8 Å². The van der Waals surface area contributed by atoms with E-state index in [1.807, 2.05) is 0 Å². The Morgan fingerprint density at radius 2 is 2.24 bits per heavy atom. The van der Waals surface area contributed by atoms with E-state index in [0.29, 0.717) is 6.54 Å². The molecule has 1 rings (SSSR count). The molecule has 0 fully saturated rings. The summed E-state index contributed by atoms with van der Waals surface area (Å²) < 4.78 is 13.0. The minimum Gasteiger partial charge on any atom is -0.342 e. The number of hydrogen-bond donors (Lipinski definition) is 0. The molecule has 0 saturated heterocycles. The van der Waals surface area contributed by atoms with Gasteiger partial charge in [-0.15, -0.1) is 0 Å². The first-order chi connectivity index (χ1) is 8.06. The number of rotatable bonds is 5. The fraction of sp³-hybridized carbons (Fsp3) is 0.500. The van der Waals surface area contributed by atoms with E-state index in [9.17, 15) is 9.18 Å². The molecule has 5 heteroatoms. The van der Waals surface area contributed by atoms with Crippen LogP contribution < -0.4 is 0 Å². The number of aromatic nitrogens is 1. The lowest BCUT2D eigenvalue weighted by Gasteiger charge is -2.17. The number of halogens is 2. The van der Waals surface area contributed by atoms with Gasteiger partial charge in [-0.1, -0.05) is 31.4 Å². The highest BCUT2D eigenvalue weighted by Gasteiger charge is 2.16. The van der Waals surface area contributed by atoms with E-state index in [0.717, 1.165) is 31.5 Å². The number of hydrogen-bond acceptors (Lipinski definition) is 2. The van der Waals surface area contributed by atoms with Gasteiger partial charge in [0.15, 0.2) is 0 Å². The van der Waals surface area contributed by atoms with Gasteiger partial charge in [-0.05, 0) is 12.5 Å². The van der Waals surface area contributed by atoms with Gasteiger partial charge in [0.2, 0.25) is 0 Å². The summed E-state index contributed by atoms with van der Waals surface area (Å²) in [7, 11) is 1.68. The first kappa shape index (κ1) is 13.9. The summed E-state index contributed by atoms with van der Waals surface area (Å²) in [4.78, 5) is 17.1. The van der Waals surface area contributed by atoms with Crippen molar-refractivity contribution < 1.29 is 9.18 Å². The summed E-state index contributed by atoms with van der Waals surface area (Å²) in [5.41, 5.74) is 0.116. The number of amides is 1. The van der Waals surface area contributed by atoms with Gasteiger partial charge in [0.1, 0.15) is 11.0 Å². The second kappa shape index (κ2) is 6.55. The van der Waals surface area contributed by atoms with Gasteiger partial charge in [0.05, 0.1) is 11.8 Å². The second-order valence-corrected chi connectivity index (χ2v) is 4.28. The van der Waals surface area contributed by atoms with Gasteiger partial charge >= 0.3 is 0 Å². The van der Waals surface area contributed by atoms with Crippen LogP contribution in [0.4, 0.5) is 4.39 Å². The van der Waals surface area contributed by atoms with Gasteiger partial charge in [0, 0.05) is 13.6 Å². The summed E-state index contributed by atoms with van der Waals surface area (Å²) in [6, 6.07) is 1.12. The van der Waals surface area contributed by atoms with Crippen molar-refractivity contribution in [2.75, 3.05) is 13.6 Å². The number of carbonyl (C=O) groups excluding carboxylic acids is 1. The number of carbonyl (C=O) groups is 1. The maximum atomic E-state index is 13.0. The lowest BCUT2D eigenvalue weighted by atomic mass is 10.2. The zero-order chi connectivity index (χ0) is 12.8. The molecule has 1 aromatic rings. The van der Waals surface area contributed by atoms with Crippen molar-refractivity contribution in [1.29, 1.82) is 0 Å². The highest BCUT2D eigenvalue weighted by atomic mass is 35.5. The van der Waals surface area contributed by atoms with Crippen LogP contribution in [0.15, 0.2) is 12.3 Å². The Morgan fingerprint density at radius 1 is 1.53 bits per heavy atom. The molecule has 0 spiro atoms. The van der Waals surface area contributed by atoms with E-state index >= 15 is 0 Å². The molecule has 0 N–H and O–H groups in total. The van der Waals surface area contributed by atoms with Crippen molar-refractivity contribution in [2.24, 2.45) is 0 Å². The molecule has 0 aromatic carbocycles. The molecular formula is C12H16ClFN2O. The van der Waals surface area contributed by atoms with Crippen LogP contribution in [0.5, 0.6) is 0 Å². The van der Waals surface area contributed by atoms with E-state index in [4.69, 9.17) is 11.6 Å². The Kier molecular flexibility index (Phi) is 5.35. The van der Waals surface area contributed by atoms with Gasteiger partial charge in [-0.2, -0.15) is 0 Å². The molecule has 0 saturated carbocycles. The Morgan fingerprint density at radius 3 is 2.88 bits per heavy atom. The number of unbranched alkanes of at least 4 members (excludes halogenated alkanes) is 2. The first-order valence-electron chi connectivity index (χ1n) is 5.62. The molecule has 3 nitrogen and oxygen atoms in total. The normalized spacial score (nSPS) is 10.4. The summed E-state index contributed by atoms with van der Waals surface area (Å²) in [6.45, 7) is 2.73. The lowest BCUT2D eigenvalue weighted by molar-refractivity contribution is 0.0792. The number of pyridine rings is 1. The van der Waals surface area contributed by atoms with Crippen LogP contribution in [0.3, 0.4) is 0 Å². The van der Waals surface area contributed by atoms with E-state index in [-0.39, 0.29) is 16.6 Å². The van der Waals surface area contributed by atoms with E-state index in [1.54, 1.807) is 7.05 Å². The molecule has 0 aliphatic carbocycles. The lowest BCUT2D eigenvalue weighted by Crippen LogP contribution is -2.28. The molecule has 1 aromatic heterocycles. The molecule has 0 aliphatic heterocycles. The molecule has 1 amide bonds. The van der Waals surface area contributed by atoms with Crippen molar-refractivity contribution in [1.82, 2.24) is 9.88 Å². The van der Waals surface area contributed by atoms with E-state index < -0.39 is 5.82 Å². The fourth-order valence-corrected chi connectivity index (χ4v) is 1.66. The minimum atomic E-state index is -0.556. The SMILES string of the molecule is CCCCCN(C)C(=O)c1cc(F)cnc1Cl. The van der Waals surface area contributed by atoms with Crippen molar-refractivity contribution in [3.63, 3.8) is 0 Å². The molecule has 0 unspecified atom stereocenters. The third kappa shape index (κ3) is 3.97. The zero-order valence-corrected chi connectivity index (χ0v) is 10.8. The first-order valence-corrected chi connectivity index (χ1v) is 6.00. The van der Waals surface area contributed by atoms with E-state index in [1.165, 1.54) is 4.90 Å². The topological polar surface area (TPSA) is 33.2 Å². The molecule has 0 aliphatic rings. The predicted molar refractivity (Wildman–Crippen MR) is 65.7 cm³/mol. The Bertz CT molecular complexity index is 398. The predicted octanol–water partition coefficient (Wildman–Crippen LogP) is 3.14. The van der Waals surface area contributed by atoms with Crippen molar-refractivity contribution in [3.8, 4) is 0 Å². The van der Waals surface area contributed by atoms with Gasteiger partial charge in [0.25, 0.3) is 5.91 Å². The minimum absolute atomic E-state index is 0.0405. The maximum Gasteiger partial charge on any atom is 0.256 e. The van der Waals surface area contributed by atoms with Gasteiger partial charge in [-0.3, -0.25) is 4.79 Å². The molecule has 17 heavy (non-hydrogen) atoms. The van der Waals surface area contributed by atoms with Crippen molar-refractivity contribution >= 4 is 17.5 Å². The summed E-state index contributed by atoms with van der Waals surface area (Å²) in [5, 5.41) is 0.0405. The van der Waals surface area contributed by atoms with Crippen LogP contribution in [0.25, 0.3) is 0 Å². The van der Waals surface area contributed by atoms with Crippen molar-refractivity contribution in [2.45, 2.75) is 26.2 Å². The zero-order valence-electron chi connectivity index (χ0n) is 10.0. The monoisotopic (exact) mass is 258 g/mol. The molecule has 94 valence electrons. The standard InChI is InChI=1S/C12H16ClFN2O/c1-3-4-5-6-16(2)12(17)10-7-9(14)8-15-11(10)13/h7-8H,3-6H2,1-2H3. The quantitative estimate of drug-likeness (QED) is 0.601. The maximum absolute atomic E-state index is 13.0. The molecule has 0 bridgehead atoms. The third-order valence-corrected chi connectivity index (χ3v) is 2.78. The molecule has 0 atom stereocenters. The van der Waals surface area contributed by atoms with E-state index in [2.05, 4.69) is 11.9 Å². The van der Waals surface area contributed by atoms with Crippen LogP contribution in [0.2, 0.25) is 5.15 Å². The van der Waals surface area contributed by atoms with Crippen LogP contribution in [0, 0.1) is 5.82 Å².